The molecule has 0 aliphatic carbocycles. The summed E-state index contributed by atoms with van der Waals surface area (Å²) >= 11 is 5.64. The third-order valence-corrected chi connectivity index (χ3v) is 2.44. The largest absolute Gasteiger partial charge is 0.464 e. The number of halogens is 3. The number of ether oxygens (including phenoxy) is 1. The van der Waals surface area contributed by atoms with Crippen molar-refractivity contribution >= 4 is 23.3 Å². The minimum absolute atomic E-state index is 0.387. The van der Waals surface area contributed by atoms with Crippen molar-refractivity contribution in [2.45, 2.75) is 19.5 Å². The van der Waals surface area contributed by atoms with E-state index in [0.29, 0.717) is 0 Å². The van der Waals surface area contributed by atoms with Crippen molar-refractivity contribution in [2.24, 2.45) is 0 Å². The highest BCUT2D eigenvalue weighted by molar-refractivity contribution is 6.35. The van der Waals surface area contributed by atoms with Crippen LogP contribution in [0.25, 0.3) is 0 Å². The maximum Gasteiger partial charge on any atom is 0.358 e. The molecule has 0 fully saturated rings. The Hall–Kier alpha value is -1.43. The lowest BCUT2D eigenvalue weighted by molar-refractivity contribution is 0.0593. The molecule has 94 valence electrons. The van der Waals surface area contributed by atoms with E-state index in [9.17, 15) is 13.6 Å². The highest BCUT2D eigenvalue weighted by atomic mass is 35.5. The van der Waals surface area contributed by atoms with E-state index in [4.69, 9.17) is 17.3 Å². The molecule has 0 aromatic carbocycles. The quantitative estimate of drug-likeness (QED) is 0.833. The topological polar surface area (TPSA) is 65.2 Å². The summed E-state index contributed by atoms with van der Waals surface area (Å²) in [5.74, 6) is -1.98. The van der Waals surface area contributed by atoms with Crippen molar-refractivity contribution in [2.75, 3.05) is 12.8 Å². The maximum absolute atomic E-state index is 13.7. The number of alkyl halides is 1. The molecule has 1 heterocycles. The van der Waals surface area contributed by atoms with E-state index >= 15 is 0 Å². The monoisotopic (exact) mass is 264 g/mol. The zero-order chi connectivity index (χ0) is 13.4. The van der Waals surface area contributed by atoms with E-state index in [1.54, 1.807) is 0 Å². The normalized spacial score (nSPS) is 11.4. The maximum atomic E-state index is 13.7. The number of hydrogen-bond donors (Lipinski definition) is 1. The average molecular weight is 265 g/mol. The first-order valence-electron chi connectivity index (χ1n) is 4.62. The number of nitrogens with two attached hydrogens (primary N) is 1. The fourth-order valence-electron chi connectivity index (χ4n) is 1.19. The van der Waals surface area contributed by atoms with Gasteiger partial charge in [-0.2, -0.15) is 0 Å². The molecule has 17 heavy (non-hydrogen) atoms. The summed E-state index contributed by atoms with van der Waals surface area (Å²) in [6, 6.07) is 0. The lowest BCUT2D eigenvalue weighted by atomic mass is 10.0. The van der Waals surface area contributed by atoms with Crippen LogP contribution < -0.4 is 5.73 Å². The molecule has 1 rings (SSSR count). The van der Waals surface area contributed by atoms with Crippen molar-refractivity contribution in [1.82, 2.24) is 4.98 Å². The molecule has 0 atom stereocenters. The molecule has 1 aromatic heterocycles. The molecule has 0 aliphatic rings. The molecular formula is C10H11ClF2N2O2. The number of carbonyl (C=O) groups is 1. The second-order valence-corrected chi connectivity index (χ2v) is 4.19. The van der Waals surface area contributed by atoms with Crippen molar-refractivity contribution in [1.29, 1.82) is 0 Å². The first kappa shape index (κ1) is 13.6. The summed E-state index contributed by atoms with van der Waals surface area (Å²) in [5.41, 5.74) is 1.74. The number of pyridine rings is 1. The van der Waals surface area contributed by atoms with Crippen LogP contribution in [0.4, 0.5) is 14.5 Å². The molecular weight excluding hydrogens is 254 g/mol. The van der Waals surface area contributed by atoms with Gasteiger partial charge in [-0.05, 0) is 13.8 Å². The summed E-state index contributed by atoms with van der Waals surface area (Å²) in [6.07, 6.45) is 0. The van der Waals surface area contributed by atoms with Crippen LogP contribution in [0.5, 0.6) is 0 Å². The number of rotatable bonds is 2. The molecule has 0 spiro atoms. The Kier molecular flexibility index (Phi) is 3.56. The Bertz CT molecular complexity index is 472. The molecule has 0 saturated heterocycles. The average Bonchev–Trinajstić information content (AvgIpc) is 2.23. The van der Waals surface area contributed by atoms with Gasteiger partial charge in [-0.25, -0.2) is 18.6 Å². The third kappa shape index (κ3) is 2.46. The van der Waals surface area contributed by atoms with E-state index in [-0.39, 0.29) is 5.02 Å². The zero-order valence-electron chi connectivity index (χ0n) is 9.47. The van der Waals surface area contributed by atoms with E-state index < -0.39 is 34.5 Å². The molecule has 0 bridgehead atoms. The number of aromatic nitrogens is 1. The van der Waals surface area contributed by atoms with Crippen molar-refractivity contribution in [3.63, 3.8) is 0 Å². The van der Waals surface area contributed by atoms with Crippen molar-refractivity contribution in [3.05, 3.63) is 22.2 Å². The second kappa shape index (κ2) is 4.44. The molecule has 0 unspecified atom stereocenters. The van der Waals surface area contributed by atoms with Crippen LogP contribution in [0, 0.1) is 5.82 Å². The Balaban J connectivity index is 3.56. The Morgan fingerprint density at radius 2 is 2.06 bits per heavy atom. The predicted octanol–water partition coefficient (Wildman–Crippen LogP) is 2.45. The van der Waals surface area contributed by atoms with Crippen LogP contribution in [-0.2, 0) is 10.4 Å². The lowest BCUT2D eigenvalue weighted by Gasteiger charge is -2.17. The third-order valence-electron chi connectivity index (χ3n) is 2.05. The van der Waals surface area contributed by atoms with E-state index in [1.807, 2.05) is 0 Å². The van der Waals surface area contributed by atoms with Gasteiger partial charge in [-0.3, -0.25) is 0 Å². The number of nitrogens with zero attached hydrogens (tertiary/aromatic N) is 1. The summed E-state index contributed by atoms with van der Waals surface area (Å²) in [4.78, 5) is 14.8. The Labute approximate surface area is 102 Å². The van der Waals surface area contributed by atoms with Gasteiger partial charge in [-0.15, -0.1) is 0 Å². The number of anilines is 1. The standard InChI is InChI=1S/C10H11ClF2N2O2/c1-10(2,13)8-5(12)6(14)4(11)7(15-8)9(16)17-3/h1-3H3,(H2,14,15). The van der Waals surface area contributed by atoms with Crippen molar-refractivity contribution < 1.29 is 18.3 Å². The van der Waals surface area contributed by atoms with Gasteiger partial charge in [0.25, 0.3) is 0 Å². The second-order valence-electron chi connectivity index (χ2n) is 3.81. The highest BCUT2D eigenvalue weighted by Gasteiger charge is 2.31. The van der Waals surface area contributed by atoms with Crippen LogP contribution in [0.1, 0.15) is 30.0 Å². The molecule has 0 saturated carbocycles. The summed E-state index contributed by atoms with van der Waals surface area (Å²) in [6.45, 7) is 2.18. The first-order chi connectivity index (χ1) is 7.70. The van der Waals surface area contributed by atoms with E-state index in [2.05, 4.69) is 9.72 Å². The van der Waals surface area contributed by atoms with Gasteiger partial charge in [0.05, 0.1) is 17.8 Å². The van der Waals surface area contributed by atoms with Crippen LogP contribution >= 0.6 is 11.6 Å². The summed E-state index contributed by atoms with van der Waals surface area (Å²) < 4.78 is 31.7. The zero-order valence-corrected chi connectivity index (χ0v) is 10.2. The molecule has 0 radical (unpaired) electrons. The minimum atomic E-state index is -2.09. The number of nitrogen functional groups attached to an aromatic ring is 1. The summed E-state index contributed by atoms with van der Waals surface area (Å²) in [7, 11) is 1.10. The number of carbonyl (C=O) groups excluding carboxylic acids is 1. The van der Waals surface area contributed by atoms with Gasteiger partial charge in [0.15, 0.2) is 11.5 Å². The molecule has 0 amide bonds. The number of hydrogen-bond acceptors (Lipinski definition) is 4. The Morgan fingerprint density at radius 3 is 2.47 bits per heavy atom. The molecule has 1 aromatic rings. The first-order valence-corrected chi connectivity index (χ1v) is 5.00. The van der Waals surface area contributed by atoms with Crippen LogP contribution in [0.2, 0.25) is 5.02 Å². The number of methoxy groups -OCH3 is 1. The van der Waals surface area contributed by atoms with E-state index in [1.165, 1.54) is 0 Å². The number of esters is 1. The van der Waals surface area contributed by atoms with Crippen LogP contribution in [-0.4, -0.2) is 18.1 Å². The van der Waals surface area contributed by atoms with Gasteiger partial charge >= 0.3 is 5.97 Å². The van der Waals surface area contributed by atoms with E-state index in [0.717, 1.165) is 21.0 Å². The highest BCUT2D eigenvalue weighted by Crippen LogP contribution is 2.33. The Morgan fingerprint density at radius 1 is 1.53 bits per heavy atom. The molecule has 4 nitrogen and oxygen atoms in total. The summed E-state index contributed by atoms with van der Waals surface area (Å²) in [5, 5.41) is -0.387. The smallest absolute Gasteiger partial charge is 0.358 e. The molecule has 0 aliphatic heterocycles. The fraction of sp³-hybridized carbons (Fsp3) is 0.400. The van der Waals surface area contributed by atoms with Gasteiger partial charge in [0, 0.05) is 0 Å². The van der Waals surface area contributed by atoms with Gasteiger partial charge in [0.1, 0.15) is 11.4 Å². The van der Waals surface area contributed by atoms with Gasteiger partial charge in [-0.1, -0.05) is 11.6 Å². The molecule has 2 N–H and O–H groups in total. The van der Waals surface area contributed by atoms with Crippen LogP contribution in [0.15, 0.2) is 0 Å². The SMILES string of the molecule is COC(=O)c1nc(C(C)(C)F)c(F)c(N)c1Cl. The molecule has 7 heteroatoms. The van der Waals surface area contributed by atoms with Crippen LogP contribution in [0.3, 0.4) is 0 Å². The van der Waals surface area contributed by atoms with Gasteiger partial charge in [0.2, 0.25) is 0 Å². The van der Waals surface area contributed by atoms with Gasteiger partial charge < -0.3 is 10.5 Å². The predicted molar refractivity (Wildman–Crippen MR) is 59.1 cm³/mol. The lowest BCUT2D eigenvalue weighted by Crippen LogP contribution is -2.19. The fourth-order valence-corrected chi connectivity index (χ4v) is 1.39. The van der Waals surface area contributed by atoms with Crippen molar-refractivity contribution in [3.8, 4) is 0 Å². The minimum Gasteiger partial charge on any atom is -0.464 e.